The SMILES string of the molecule is COc1cc(C(=O)O[C@H](C)C(=O)c2ccc(F)cc2)cc2c1OCCO2. The fourth-order valence-electron chi connectivity index (χ4n) is 2.52. The molecule has 1 heterocycles. The highest BCUT2D eigenvalue weighted by atomic mass is 19.1. The predicted molar refractivity (Wildman–Crippen MR) is 89.6 cm³/mol. The van der Waals surface area contributed by atoms with E-state index in [2.05, 4.69) is 0 Å². The van der Waals surface area contributed by atoms with Crippen LogP contribution in [-0.2, 0) is 4.74 Å². The number of fused-ring (bicyclic) bond motifs is 1. The summed E-state index contributed by atoms with van der Waals surface area (Å²) >= 11 is 0. The van der Waals surface area contributed by atoms with E-state index in [9.17, 15) is 14.0 Å². The lowest BCUT2D eigenvalue weighted by atomic mass is 10.1. The average molecular weight is 360 g/mol. The first-order valence-electron chi connectivity index (χ1n) is 7.98. The molecular weight excluding hydrogens is 343 g/mol. The molecular formula is C19H17FO6. The third kappa shape index (κ3) is 3.61. The van der Waals surface area contributed by atoms with Crippen molar-refractivity contribution in [2.24, 2.45) is 0 Å². The van der Waals surface area contributed by atoms with Crippen LogP contribution in [0.25, 0.3) is 0 Å². The number of ether oxygens (including phenoxy) is 4. The van der Waals surface area contributed by atoms with Crippen LogP contribution in [0.4, 0.5) is 4.39 Å². The van der Waals surface area contributed by atoms with E-state index >= 15 is 0 Å². The summed E-state index contributed by atoms with van der Waals surface area (Å²) in [4.78, 5) is 24.7. The third-order valence-electron chi connectivity index (χ3n) is 3.85. The molecule has 0 saturated heterocycles. The fourth-order valence-corrected chi connectivity index (χ4v) is 2.52. The van der Waals surface area contributed by atoms with Crippen molar-refractivity contribution in [3.8, 4) is 17.2 Å². The highest BCUT2D eigenvalue weighted by Gasteiger charge is 2.24. The molecule has 0 radical (unpaired) electrons. The van der Waals surface area contributed by atoms with Crippen molar-refractivity contribution in [3.63, 3.8) is 0 Å². The van der Waals surface area contributed by atoms with Crippen LogP contribution >= 0.6 is 0 Å². The fraction of sp³-hybridized carbons (Fsp3) is 0.263. The molecule has 0 unspecified atom stereocenters. The van der Waals surface area contributed by atoms with Crippen LogP contribution in [0.1, 0.15) is 27.6 Å². The summed E-state index contributed by atoms with van der Waals surface area (Å²) in [7, 11) is 1.45. The van der Waals surface area contributed by atoms with E-state index in [0.717, 1.165) is 0 Å². The summed E-state index contributed by atoms with van der Waals surface area (Å²) in [5, 5.41) is 0. The third-order valence-corrected chi connectivity index (χ3v) is 3.85. The molecule has 7 heteroatoms. The summed E-state index contributed by atoms with van der Waals surface area (Å²) < 4.78 is 34.4. The van der Waals surface area contributed by atoms with Crippen molar-refractivity contribution in [3.05, 3.63) is 53.3 Å². The van der Waals surface area contributed by atoms with Gasteiger partial charge in [-0.2, -0.15) is 0 Å². The zero-order valence-electron chi connectivity index (χ0n) is 14.3. The lowest BCUT2D eigenvalue weighted by Gasteiger charge is -2.21. The Morgan fingerprint density at radius 2 is 1.77 bits per heavy atom. The lowest BCUT2D eigenvalue weighted by Crippen LogP contribution is -2.24. The van der Waals surface area contributed by atoms with Crippen molar-refractivity contribution in [1.29, 1.82) is 0 Å². The first kappa shape index (κ1) is 17.7. The van der Waals surface area contributed by atoms with Crippen LogP contribution in [0.15, 0.2) is 36.4 Å². The van der Waals surface area contributed by atoms with Gasteiger partial charge in [-0.05, 0) is 43.3 Å². The average Bonchev–Trinajstić information content (AvgIpc) is 2.66. The highest BCUT2D eigenvalue weighted by Crippen LogP contribution is 2.40. The van der Waals surface area contributed by atoms with Crippen LogP contribution in [0.2, 0.25) is 0 Å². The minimum absolute atomic E-state index is 0.171. The Labute approximate surface area is 149 Å². The minimum Gasteiger partial charge on any atom is -0.493 e. The number of rotatable bonds is 5. The summed E-state index contributed by atoms with van der Waals surface area (Å²) in [6.07, 6.45) is -1.04. The van der Waals surface area contributed by atoms with Crippen LogP contribution in [0.3, 0.4) is 0 Å². The maximum Gasteiger partial charge on any atom is 0.339 e. The molecule has 3 rings (SSSR count). The standard InChI is InChI=1S/C19H17FO6/c1-11(17(21)12-3-5-14(20)6-4-12)26-19(22)13-9-15(23-2)18-16(10-13)24-7-8-25-18/h3-6,9-11H,7-8H2,1-2H3/t11-/m1/s1. The Morgan fingerprint density at radius 3 is 2.46 bits per heavy atom. The molecule has 6 nitrogen and oxygen atoms in total. The van der Waals surface area contributed by atoms with Gasteiger partial charge in [0.25, 0.3) is 0 Å². The number of ketones is 1. The number of methoxy groups -OCH3 is 1. The topological polar surface area (TPSA) is 71.1 Å². The van der Waals surface area contributed by atoms with Crippen LogP contribution in [-0.4, -0.2) is 38.2 Å². The number of halogens is 1. The van der Waals surface area contributed by atoms with Gasteiger partial charge in [-0.3, -0.25) is 4.79 Å². The molecule has 0 N–H and O–H groups in total. The molecule has 0 spiro atoms. The number of esters is 1. The van der Waals surface area contributed by atoms with E-state index in [-0.39, 0.29) is 11.1 Å². The zero-order chi connectivity index (χ0) is 18.7. The lowest BCUT2D eigenvalue weighted by molar-refractivity contribution is 0.0317. The Hall–Kier alpha value is -3.09. The van der Waals surface area contributed by atoms with Crippen molar-refractivity contribution in [1.82, 2.24) is 0 Å². The van der Waals surface area contributed by atoms with E-state index in [1.54, 1.807) is 0 Å². The van der Waals surface area contributed by atoms with E-state index in [0.29, 0.717) is 30.5 Å². The summed E-state index contributed by atoms with van der Waals surface area (Å²) in [6, 6.07) is 7.98. The second-order valence-electron chi connectivity index (χ2n) is 5.62. The molecule has 0 amide bonds. The van der Waals surface area contributed by atoms with E-state index in [1.807, 2.05) is 0 Å². The molecule has 2 aromatic carbocycles. The summed E-state index contributed by atoms with van der Waals surface area (Å²) in [5.41, 5.74) is 0.427. The van der Waals surface area contributed by atoms with Crippen molar-refractivity contribution in [2.45, 2.75) is 13.0 Å². The van der Waals surface area contributed by atoms with Gasteiger partial charge in [-0.25, -0.2) is 9.18 Å². The Bertz CT molecular complexity index is 813. The summed E-state index contributed by atoms with van der Waals surface area (Å²) in [5.74, 6) is -0.446. The number of carbonyl (C=O) groups excluding carboxylic acids is 2. The largest absolute Gasteiger partial charge is 0.493 e. The second kappa shape index (κ2) is 7.43. The molecule has 2 aromatic rings. The maximum atomic E-state index is 13.0. The number of carbonyl (C=O) groups is 2. The molecule has 0 saturated carbocycles. The molecule has 0 fully saturated rings. The summed E-state index contributed by atoms with van der Waals surface area (Å²) in [6.45, 7) is 2.20. The van der Waals surface area contributed by atoms with Gasteiger partial charge >= 0.3 is 5.97 Å². The molecule has 26 heavy (non-hydrogen) atoms. The van der Waals surface area contributed by atoms with E-state index in [1.165, 1.54) is 50.4 Å². The van der Waals surface area contributed by atoms with Gasteiger partial charge in [-0.1, -0.05) is 0 Å². The molecule has 1 aliphatic heterocycles. The molecule has 1 aliphatic rings. The van der Waals surface area contributed by atoms with Crippen LogP contribution in [0.5, 0.6) is 17.2 Å². The molecule has 0 bridgehead atoms. The van der Waals surface area contributed by atoms with Gasteiger partial charge in [0.1, 0.15) is 19.0 Å². The molecule has 136 valence electrons. The van der Waals surface area contributed by atoms with Gasteiger partial charge in [0.2, 0.25) is 11.5 Å². The van der Waals surface area contributed by atoms with E-state index in [4.69, 9.17) is 18.9 Å². The highest BCUT2D eigenvalue weighted by molar-refractivity contribution is 6.01. The Kier molecular flexibility index (Phi) is 5.06. The predicted octanol–water partition coefficient (Wildman–Crippen LogP) is 3.03. The monoisotopic (exact) mass is 360 g/mol. The van der Waals surface area contributed by atoms with Crippen molar-refractivity contribution in [2.75, 3.05) is 20.3 Å². The van der Waals surface area contributed by atoms with Gasteiger partial charge in [-0.15, -0.1) is 0 Å². The van der Waals surface area contributed by atoms with E-state index < -0.39 is 23.7 Å². The van der Waals surface area contributed by atoms with Crippen molar-refractivity contribution >= 4 is 11.8 Å². The number of hydrogen-bond acceptors (Lipinski definition) is 6. The van der Waals surface area contributed by atoms with Crippen LogP contribution < -0.4 is 14.2 Å². The van der Waals surface area contributed by atoms with Crippen molar-refractivity contribution < 1.29 is 32.9 Å². The zero-order valence-corrected chi connectivity index (χ0v) is 14.3. The number of Topliss-reactive ketones (excluding diaryl/α,β-unsaturated/α-hetero) is 1. The Morgan fingerprint density at radius 1 is 1.08 bits per heavy atom. The normalized spacial score (nSPS) is 13.7. The molecule has 0 aromatic heterocycles. The van der Waals surface area contributed by atoms with Gasteiger partial charge < -0.3 is 18.9 Å². The second-order valence-corrected chi connectivity index (χ2v) is 5.62. The quantitative estimate of drug-likeness (QED) is 0.603. The maximum absolute atomic E-state index is 13.0. The van der Waals surface area contributed by atoms with Gasteiger partial charge in [0.05, 0.1) is 12.7 Å². The first-order chi connectivity index (χ1) is 12.5. The number of hydrogen-bond donors (Lipinski definition) is 0. The minimum atomic E-state index is -1.04. The first-order valence-corrected chi connectivity index (χ1v) is 7.98. The van der Waals surface area contributed by atoms with Gasteiger partial charge in [0.15, 0.2) is 17.6 Å². The molecule has 1 atom stereocenters. The molecule has 0 aliphatic carbocycles. The smallest absolute Gasteiger partial charge is 0.339 e. The van der Waals surface area contributed by atoms with Gasteiger partial charge in [0, 0.05) is 5.56 Å². The number of benzene rings is 2. The Balaban J connectivity index is 1.77. The van der Waals surface area contributed by atoms with Crippen LogP contribution in [0, 0.1) is 5.82 Å².